The van der Waals surface area contributed by atoms with E-state index < -0.39 is 0 Å². The average molecular weight is 205 g/mol. The summed E-state index contributed by atoms with van der Waals surface area (Å²) in [5.74, 6) is 0.818. The summed E-state index contributed by atoms with van der Waals surface area (Å²) in [6.45, 7) is 3.37. The van der Waals surface area contributed by atoms with Crippen LogP contribution in [0.3, 0.4) is 0 Å². The molecule has 0 atom stereocenters. The van der Waals surface area contributed by atoms with Gasteiger partial charge in [0.2, 0.25) is 0 Å². The first-order valence-corrected chi connectivity index (χ1v) is 4.72. The normalized spacial score (nSPS) is 11.0. The van der Waals surface area contributed by atoms with Gasteiger partial charge in [-0.1, -0.05) is 6.07 Å². The monoisotopic (exact) mass is 205 g/mol. The lowest BCUT2D eigenvalue weighted by atomic mass is 10.2. The molecule has 0 aliphatic rings. The first-order valence-electron chi connectivity index (χ1n) is 4.72. The second kappa shape index (κ2) is 5.20. The maximum Gasteiger partial charge on any atom is 0.154 e. The molecule has 0 radical (unpaired) electrons. The summed E-state index contributed by atoms with van der Waals surface area (Å²) in [6.07, 6.45) is 1.56. The molecule has 80 valence electrons. The Hall–Kier alpha value is -1.77. The van der Waals surface area contributed by atoms with Crippen molar-refractivity contribution in [3.05, 3.63) is 36.0 Å². The molecule has 0 aliphatic carbocycles. The van der Waals surface area contributed by atoms with Gasteiger partial charge in [-0.25, -0.2) is 0 Å². The summed E-state index contributed by atoms with van der Waals surface area (Å²) >= 11 is 0. The largest absolute Gasteiger partial charge is 0.497 e. The third-order valence-electron chi connectivity index (χ3n) is 1.83. The number of carbonyl (C=O) groups excluding carboxylic acids is 1. The molecule has 0 aliphatic heterocycles. The molecule has 3 heteroatoms. The van der Waals surface area contributed by atoms with Crippen molar-refractivity contribution in [2.45, 2.75) is 13.8 Å². The van der Waals surface area contributed by atoms with E-state index in [0.717, 1.165) is 17.1 Å². The minimum Gasteiger partial charge on any atom is -0.497 e. The molecule has 0 spiro atoms. The Morgan fingerprint density at radius 3 is 2.73 bits per heavy atom. The Morgan fingerprint density at radius 1 is 1.40 bits per heavy atom. The fraction of sp³-hybridized carbons (Fsp3) is 0.250. The summed E-state index contributed by atoms with van der Waals surface area (Å²) in [6, 6.07) is 7.55. The van der Waals surface area contributed by atoms with Gasteiger partial charge in [-0.05, 0) is 32.1 Å². The van der Waals surface area contributed by atoms with E-state index in [0.29, 0.717) is 0 Å². The first kappa shape index (κ1) is 11.3. The molecule has 0 aromatic heterocycles. The lowest BCUT2D eigenvalue weighted by molar-refractivity contribution is -0.112. The van der Waals surface area contributed by atoms with E-state index in [4.69, 9.17) is 4.74 Å². The molecule has 0 heterocycles. The standard InChI is InChI=1S/C12H15NO2/c1-9(7-10(2)14)13-11-5-4-6-12(8-11)15-3/h4-8,13H,1-3H3. The van der Waals surface area contributed by atoms with Gasteiger partial charge in [0.1, 0.15) is 5.75 Å². The van der Waals surface area contributed by atoms with Crippen molar-refractivity contribution in [3.8, 4) is 5.75 Å². The Kier molecular flexibility index (Phi) is 3.92. The number of methoxy groups -OCH3 is 1. The van der Waals surface area contributed by atoms with Crippen molar-refractivity contribution in [1.29, 1.82) is 0 Å². The highest BCUT2D eigenvalue weighted by Gasteiger charge is 1.96. The SMILES string of the molecule is COc1cccc(NC(C)=CC(C)=O)c1. The summed E-state index contributed by atoms with van der Waals surface area (Å²) in [5.41, 5.74) is 1.72. The molecule has 0 saturated carbocycles. The number of carbonyl (C=O) groups is 1. The smallest absolute Gasteiger partial charge is 0.154 e. The fourth-order valence-electron chi connectivity index (χ4n) is 1.27. The third-order valence-corrected chi connectivity index (χ3v) is 1.83. The highest BCUT2D eigenvalue weighted by molar-refractivity contribution is 5.88. The van der Waals surface area contributed by atoms with Gasteiger partial charge in [0.25, 0.3) is 0 Å². The molecule has 0 unspecified atom stereocenters. The van der Waals surface area contributed by atoms with Crippen LogP contribution in [0.2, 0.25) is 0 Å². The number of benzene rings is 1. The van der Waals surface area contributed by atoms with E-state index in [2.05, 4.69) is 5.32 Å². The van der Waals surface area contributed by atoms with E-state index in [-0.39, 0.29) is 5.78 Å². The van der Waals surface area contributed by atoms with Crippen LogP contribution in [0, 0.1) is 0 Å². The van der Waals surface area contributed by atoms with Crippen molar-refractivity contribution >= 4 is 11.5 Å². The number of nitrogens with one attached hydrogen (secondary N) is 1. The maximum absolute atomic E-state index is 10.8. The Labute approximate surface area is 89.8 Å². The lowest BCUT2D eigenvalue weighted by Gasteiger charge is -2.07. The van der Waals surface area contributed by atoms with E-state index in [1.54, 1.807) is 13.2 Å². The van der Waals surface area contributed by atoms with E-state index in [1.807, 2.05) is 31.2 Å². The van der Waals surface area contributed by atoms with Crippen molar-refractivity contribution < 1.29 is 9.53 Å². The van der Waals surface area contributed by atoms with Crippen LogP contribution >= 0.6 is 0 Å². The molecule has 0 amide bonds. The molecule has 3 nitrogen and oxygen atoms in total. The summed E-state index contributed by atoms with van der Waals surface area (Å²) in [4.78, 5) is 10.8. The zero-order chi connectivity index (χ0) is 11.3. The minimum absolute atomic E-state index is 0.0305. The van der Waals surface area contributed by atoms with Gasteiger partial charge < -0.3 is 10.1 Å². The van der Waals surface area contributed by atoms with Gasteiger partial charge in [-0.15, -0.1) is 0 Å². The quantitative estimate of drug-likeness (QED) is 0.768. The molecular weight excluding hydrogens is 190 g/mol. The number of ether oxygens (including phenoxy) is 1. The van der Waals surface area contributed by atoms with Crippen molar-refractivity contribution in [2.24, 2.45) is 0 Å². The Balaban J connectivity index is 2.76. The van der Waals surface area contributed by atoms with Gasteiger partial charge >= 0.3 is 0 Å². The van der Waals surface area contributed by atoms with Gasteiger partial charge in [-0.2, -0.15) is 0 Å². The molecule has 1 aromatic carbocycles. The molecule has 1 rings (SSSR count). The molecule has 0 bridgehead atoms. The Bertz CT molecular complexity index is 383. The second-order valence-corrected chi connectivity index (χ2v) is 3.29. The first-order chi connectivity index (χ1) is 7.11. The molecule has 1 aromatic rings. The fourth-order valence-corrected chi connectivity index (χ4v) is 1.27. The predicted molar refractivity (Wildman–Crippen MR) is 61.1 cm³/mol. The topological polar surface area (TPSA) is 38.3 Å². The van der Waals surface area contributed by atoms with Crippen LogP contribution in [0.4, 0.5) is 5.69 Å². The van der Waals surface area contributed by atoms with Crippen molar-refractivity contribution in [1.82, 2.24) is 0 Å². The molecule has 0 fully saturated rings. The number of anilines is 1. The van der Waals surface area contributed by atoms with Crippen LogP contribution < -0.4 is 10.1 Å². The number of rotatable bonds is 4. The molecular formula is C12H15NO2. The number of allylic oxidation sites excluding steroid dienone is 2. The van der Waals surface area contributed by atoms with Crippen LogP contribution in [-0.2, 0) is 4.79 Å². The van der Waals surface area contributed by atoms with E-state index in [1.165, 1.54) is 6.92 Å². The van der Waals surface area contributed by atoms with Gasteiger partial charge in [0.15, 0.2) is 5.78 Å². The lowest BCUT2D eigenvalue weighted by Crippen LogP contribution is -1.98. The zero-order valence-electron chi connectivity index (χ0n) is 9.20. The van der Waals surface area contributed by atoms with Crippen LogP contribution in [-0.4, -0.2) is 12.9 Å². The zero-order valence-corrected chi connectivity index (χ0v) is 9.20. The third kappa shape index (κ3) is 3.85. The van der Waals surface area contributed by atoms with E-state index in [9.17, 15) is 4.79 Å². The summed E-state index contributed by atoms with van der Waals surface area (Å²) < 4.78 is 5.09. The minimum atomic E-state index is 0.0305. The van der Waals surface area contributed by atoms with Crippen LogP contribution in [0.5, 0.6) is 5.75 Å². The maximum atomic E-state index is 10.8. The van der Waals surface area contributed by atoms with Crippen molar-refractivity contribution in [2.75, 3.05) is 12.4 Å². The average Bonchev–Trinajstić information content (AvgIpc) is 2.16. The molecule has 0 saturated heterocycles. The molecule has 15 heavy (non-hydrogen) atoms. The summed E-state index contributed by atoms with van der Waals surface area (Å²) in [7, 11) is 1.62. The van der Waals surface area contributed by atoms with Crippen molar-refractivity contribution in [3.63, 3.8) is 0 Å². The number of hydrogen-bond donors (Lipinski definition) is 1. The predicted octanol–water partition coefficient (Wildman–Crippen LogP) is 2.60. The summed E-state index contributed by atoms with van der Waals surface area (Å²) in [5, 5.41) is 3.11. The van der Waals surface area contributed by atoms with Crippen LogP contribution in [0.15, 0.2) is 36.0 Å². The highest BCUT2D eigenvalue weighted by Crippen LogP contribution is 2.17. The highest BCUT2D eigenvalue weighted by atomic mass is 16.5. The van der Waals surface area contributed by atoms with Crippen LogP contribution in [0.1, 0.15) is 13.8 Å². The Morgan fingerprint density at radius 2 is 2.13 bits per heavy atom. The number of hydrogen-bond acceptors (Lipinski definition) is 3. The van der Waals surface area contributed by atoms with Gasteiger partial charge in [0, 0.05) is 17.5 Å². The van der Waals surface area contributed by atoms with Gasteiger partial charge in [-0.3, -0.25) is 4.79 Å². The number of ketones is 1. The van der Waals surface area contributed by atoms with Gasteiger partial charge in [0.05, 0.1) is 7.11 Å². The second-order valence-electron chi connectivity index (χ2n) is 3.29. The van der Waals surface area contributed by atoms with E-state index >= 15 is 0 Å². The van der Waals surface area contributed by atoms with Crippen LogP contribution in [0.25, 0.3) is 0 Å². The molecule has 1 N–H and O–H groups in total.